The van der Waals surface area contributed by atoms with Crippen molar-refractivity contribution < 1.29 is 27.4 Å². The van der Waals surface area contributed by atoms with Gasteiger partial charge in [0.05, 0.1) is 47.3 Å². The molecule has 0 saturated carbocycles. The van der Waals surface area contributed by atoms with E-state index in [-0.39, 0.29) is 35.8 Å². The summed E-state index contributed by atoms with van der Waals surface area (Å²) in [7, 11) is -2.17. The molecule has 1 aliphatic heterocycles. The summed E-state index contributed by atoms with van der Waals surface area (Å²) in [4.78, 5) is 18.6. The molecule has 2 atom stereocenters. The van der Waals surface area contributed by atoms with Crippen LogP contribution in [0.15, 0.2) is 76.7 Å². The van der Waals surface area contributed by atoms with Crippen molar-refractivity contribution >= 4 is 48.8 Å². The first-order valence-electron chi connectivity index (χ1n) is 13.5. The van der Waals surface area contributed by atoms with E-state index in [9.17, 15) is 13.2 Å². The zero-order valence-electron chi connectivity index (χ0n) is 23.8. The number of nitrogens with zero attached hydrogens (tertiary/aromatic N) is 4. The molecule has 0 N–H and O–H groups in total. The van der Waals surface area contributed by atoms with Crippen molar-refractivity contribution in [3.05, 3.63) is 77.9 Å². The second-order valence-electron chi connectivity index (χ2n) is 9.80. The van der Waals surface area contributed by atoms with Crippen LogP contribution in [0.4, 0.5) is 5.13 Å². The maximum atomic E-state index is 13.8. The Bertz CT molecular complexity index is 1680. The molecular formula is C30H32N4O6S2. The number of hydrazone groups is 1. The van der Waals surface area contributed by atoms with Gasteiger partial charge in [0, 0.05) is 18.7 Å². The number of morpholine rings is 1. The topological polar surface area (TPSA) is 111 Å². The average molecular weight is 609 g/mol. The highest BCUT2D eigenvalue weighted by atomic mass is 32.2. The number of benzene rings is 3. The fourth-order valence-electron chi connectivity index (χ4n) is 4.61. The molecule has 0 radical (unpaired) electrons. The highest BCUT2D eigenvalue weighted by Crippen LogP contribution is 2.33. The number of fused-ring (bicyclic) bond motifs is 1. The van der Waals surface area contributed by atoms with E-state index in [1.807, 2.05) is 57.2 Å². The average Bonchev–Trinajstić information content (AvgIpc) is 3.40. The maximum absolute atomic E-state index is 13.8. The number of methoxy groups -OCH3 is 1. The number of aromatic nitrogens is 1. The molecule has 2 unspecified atom stereocenters. The number of amides is 1. The predicted molar refractivity (Wildman–Crippen MR) is 163 cm³/mol. The zero-order valence-corrected chi connectivity index (χ0v) is 25.4. The lowest BCUT2D eigenvalue weighted by Crippen LogP contribution is -2.48. The molecule has 3 aromatic carbocycles. The molecule has 2 heterocycles. The molecule has 10 nitrogen and oxygen atoms in total. The summed E-state index contributed by atoms with van der Waals surface area (Å²) in [6.07, 6.45) is 1.15. The lowest BCUT2D eigenvalue weighted by Gasteiger charge is -2.34. The van der Waals surface area contributed by atoms with Crippen LogP contribution >= 0.6 is 11.3 Å². The van der Waals surface area contributed by atoms with Crippen LogP contribution in [0, 0.1) is 0 Å². The van der Waals surface area contributed by atoms with Crippen LogP contribution in [-0.4, -0.2) is 68.8 Å². The Morgan fingerprint density at radius 2 is 1.74 bits per heavy atom. The number of rotatable bonds is 9. The molecule has 5 rings (SSSR count). The van der Waals surface area contributed by atoms with Crippen LogP contribution in [0.3, 0.4) is 0 Å². The van der Waals surface area contributed by atoms with Crippen LogP contribution in [-0.2, 0) is 14.8 Å². The van der Waals surface area contributed by atoms with Gasteiger partial charge in [-0.1, -0.05) is 11.3 Å². The van der Waals surface area contributed by atoms with E-state index in [4.69, 9.17) is 14.2 Å². The van der Waals surface area contributed by atoms with E-state index in [2.05, 4.69) is 10.1 Å². The lowest BCUT2D eigenvalue weighted by atomic mass is 10.2. The summed E-state index contributed by atoms with van der Waals surface area (Å²) in [6.45, 7) is 6.70. The third-order valence-corrected chi connectivity index (χ3v) is 9.44. The third-order valence-electron chi connectivity index (χ3n) is 6.60. The lowest BCUT2D eigenvalue weighted by molar-refractivity contribution is -0.0440. The Balaban J connectivity index is 1.45. The molecule has 0 spiro atoms. The van der Waals surface area contributed by atoms with Crippen molar-refractivity contribution in [2.24, 2.45) is 5.10 Å². The third kappa shape index (κ3) is 6.46. The largest absolute Gasteiger partial charge is 0.497 e. The van der Waals surface area contributed by atoms with Crippen molar-refractivity contribution in [2.45, 2.75) is 37.9 Å². The van der Waals surface area contributed by atoms with Crippen molar-refractivity contribution in [1.29, 1.82) is 0 Å². The minimum absolute atomic E-state index is 0.108. The molecule has 220 valence electrons. The van der Waals surface area contributed by atoms with E-state index in [0.717, 1.165) is 16.0 Å². The Kier molecular flexibility index (Phi) is 8.88. The number of carbonyl (C=O) groups excluding carboxylic acids is 1. The highest BCUT2D eigenvalue weighted by Gasteiger charge is 2.32. The van der Waals surface area contributed by atoms with Gasteiger partial charge in [-0.15, -0.1) is 0 Å². The van der Waals surface area contributed by atoms with Crippen molar-refractivity contribution in [1.82, 2.24) is 9.29 Å². The molecule has 42 heavy (non-hydrogen) atoms. The summed E-state index contributed by atoms with van der Waals surface area (Å²) < 4.78 is 45.4. The quantitative estimate of drug-likeness (QED) is 0.190. The Hall–Kier alpha value is -3.84. The van der Waals surface area contributed by atoms with E-state index in [1.54, 1.807) is 19.4 Å². The summed E-state index contributed by atoms with van der Waals surface area (Å²) >= 11 is 1.29. The molecule has 1 saturated heterocycles. The number of carbonyl (C=O) groups is 1. The van der Waals surface area contributed by atoms with Gasteiger partial charge in [0.25, 0.3) is 5.91 Å². The van der Waals surface area contributed by atoms with Gasteiger partial charge in [-0.2, -0.15) is 14.4 Å². The van der Waals surface area contributed by atoms with Crippen LogP contribution < -0.4 is 14.5 Å². The smallest absolute Gasteiger partial charge is 0.280 e. The van der Waals surface area contributed by atoms with Gasteiger partial charge in [-0.05, 0) is 93.1 Å². The normalized spacial score (nSPS) is 17.9. The minimum Gasteiger partial charge on any atom is -0.497 e. The second kappa shape index (κ2) is 12.6. The van der Waals surface area contributed by atoms with Gasteiger partial charge in [0.1, 0.15) is 11.5 Å². The molecule has 0 bridgehead atoms. The van der Waals surface area contributed by atoms with Crippen LogP contribution in [0.2, 0.25) is 0 Å². The fourth-order valence-corrected chi connectivity index (χ4v) is 7.15. The standard InChI is InChI=1S/C30H32N4O6S2/c1-5-39-24-10-6-22(7-11-24)17-31-34(30-32-27-15-12-25(38-4)16-28(27)41-30)29(35)23-8-13-26(14-9-23)42(36,37)33-18-20(2)40-21(3)19-33/h6-17,20-21H,5,18-19H2,1-4H3/b31-17+. The van der Waals surface area contributed by atoms with E-state index >= 15 is 0 Å². The van der Waals surface area contributed by atoms with Gasteiger partial charge in [-0.3, -0.25) is 4.79 Å². The van der Waals surface area contributed by atoms with Gasteiger partial charge < -0.3 is 14.2 Å². The second-order valence-corrected chi connectivity index (χ2v) is 12.7. The fraction of sp³-hybridized carbons (Fsp3) is 0.300. The number of hydrogen-bond acceptors (Lipinski definition) is 9. The molecule has 12 heteroatoms. The summed E-state index contributed by atoms with van der Waals surface area (Å²) in [5, 5.41) is 6.09. The number of anilines is 1. The van der Waals surface area contributed by atoms with E-state index in [0.29, 0.717) is 23.0 Å². The van der Waals surface area contributed by atoms with Crippen molar-refractivity contribution in [2.75, 3.05) is 31.8 Å². The van der Waals surface area contributed by atoms with Gasteiger partial charge >= 0.3 is 0 Å². The molecule has 1 amide bonds. The maximum Gasteiger partial charge on any atom is 0.280 e. The van der Waals surface area contributed by atoms with Crippen LogP contribution in [0.25, 0.3) is 10.2 Å². The van der Waals surface area contributed by atoms with Crippen LogP contribution in [0.5, 0.6) is 11.5 Å². The van der Waals surface area contributed by atoms with E-state index < -0.39 is 15.9 Å². The molecule has 4 aromatic rings. The molecule has 1 aromatic heterocycles. The monoisotopic (exact) mass is 608 g/mol. The predicted octanol–water partition coefficient (Wildman–Crippen LogP) is 5.18. The molecule has 1 aliphatic rings. The molecule has 1 fully saturated rings. The first kappa shape index (κ1) is 29.6. The SMILES string of the molecule is CCOc1ccc(/C=N/N(C(=O)c2ccc(S(=O)(=O)N3CC(C)OC(C)C3)cc2)c2nc3ccc(OC)cc3s2)cc1. The number of hydrogen-bond donors (Lipinski definition) is 0. The van der Waals surface area contributed by atoms with Gasteiger partial charge in [0.15, 0.2) is 0 Å². The Morgan fingerprint density at radius 1 is 1.07 bits per heavy atom. The molecular weight excluding hydrogens is 576 g/mol. The first-order valence-corrected chi connectivity index (χ1v) is 15.7. The van der Waals surface area contributed by atoms with Gasteiger partial charge in [0.2, 0.25) is 15.2 Å². The zero-order chi connectivity index (χ0) is 29.9. The summed E-state index contributed by atoms with van der Waals surface area (Å²) in [5.74, 6) is 0.953. The summed E-state index contributed by atoms with van der Waals surface area (Å²) in [6, 6.07) is 18.7. The van der Waals surface area contributed by atoms with E-state index in [1.165, 1.54) is 44.9 Å². The van der Waals surface area contributed by atoms with Crippen LogP contribution in [0.1, 0.15) is 36.7 Å². The molecule has 0 aliphatic carbocycles. The number of thiazole rings is 1. The Morgan fingerprint density at radius 3 is 2.38 bits per heavy atom. The summed E-state index contributed by atoms with van der Waals surface area (Å²) in [5.41, 5.74) is 1.72. The number of ether oxygens (including phenoxy) is 3. The van der Waals surface area contributed by atoms with Crippen molar-refractivity contribution in [3.8, 4) is 11.5 Å². The highest BCUT2D eigenvalue weighted by molar-refractivity contribution is 7.89. The first-order chi connectivity index (χ1) is 20.2. The minimum atomic E-state index is -3.75. The number of sulfonamides is 1. The van der Waals surface area contributed by atoms with Gasteiger partial charge in [-0.25, -0.2) is 13.4 Å². The Labute approximate surface area is 249 Å². The van der Waals surface area contributed by atoms with Crippen molar-refractivity contribution in [3.63, 3.8) is 0 Å².